The Kier molecular flexibility index (Phi) is 7.91. The smallest absolute Gasteiger partial charge is 0.263 e. The Labute approximate surface area is 183 Å². The summed E-state index contributed by atoms with van der Waals surface area (Å²) in [4.78, 5) is 29.2. The minimum atomic E-state index is 0.0237. The summed E-state index contributed by atoms with van der Waals surface area (Å²) in [5.41, 5.74) is 2.18. The summed E-state index contributed by atoms with van der Waals surface area (Å²) >= 11 is 1.54. The predicted molar refractivity (Wildman–Crippen MR) is 122 cm³/mol. The van der Waals surface area contributed by atoms with E-state index in [9.17, 15) is 9.59 Å². The monoisotopic (exact) mass is 428 g/mol. The topological polar surface area (TPSA) is 58.6 Å². The van der Waals surface area contributed by atoms with Gasteiger partial charge in [0.2, 0.25) is 5.91 Å². The second-order valence-corrected chi connectivity index (χ2v) is 9.13. The van der Waals surface area contributed by atoms with Crippen molar-refractivity contribution >= 4 is 23.2 Å². The first-order chi connectivity index (χ1) is 14.5. The number of amides is 2. The van der Waals surface area contributed by atoms with Gasteiger partial charge in [-0.1, -0.05) is 31.9 Å². The molecule has 0 spiro atoms. The molecule has 162 valence electrons. The average Bonchev–Trinajstić information content (AvgIpc) is 3.17. The van der Waals surface area contributed by atoms with Gasteiger partial charge >= 0.3 is 0 Å². The van der Waals surface area contributed by atoms with Crippen molar-refractivity contribution in [2.75, 3.05) is 26.7 Å². The van der Waals surface area contributed by atoms with Crippen molar-refractivity contribution in [3.8, 4) is 16.9 Å². The van der Waals surface area contributed by atoms with Crippen LogP contribution in [0.15, 0.2) is 30.3 Å². The number of likely N-dealkylation sites (tertiary alicyclic amines) is 1. The van der Waals surface area contributed by atoms with Gasteiger partial charge in [-0.05, 0) is 55.5 Å². The highest BCUT2D eigenvalue weighted by atomic mass is 32.1. The highest BCUT2D eigenvalue weighted by Gasteiger charge is 2.28. The van der Waals surface area contributed by atoms with Gasteiger partial charge in [0.05, 0.1) is 12.0 Å². The molecule has 1 N–H and O–H groups in total. The number of carbonyl (C=O) groups excluding carboxylic acids is 2. The maximum atomic E-state index is 13.0. The first kappa shape index (κ1) is 22.3. The first-order valence-corrected chi connectivity index (χ1v) is 11.7. The Hall–Kier alpha value is -2.34. The van der Waals surface area contributed by atoms with E-state index in [-0.39, 0.29) is 17.7 Å². The molecular formula is C24H32N2O3S. The van der Waals surface area contributed by atoms with E-state index in [1.54, 1.807) is 18.4 Å². The lowest BCUT2D eigenvalue weighted by Crippen LogP contribution is -2.43. The van der Waals surface area contributed by atoms with Crippen LogP contribution in [0.4, 0.5) is 0 Å². The van der Waals surface area contributed by atoms with Gasteiger partial charge in [0, 0.05) is 30.4 Å². The number of nitrogens with one attached hydrogen (secondary N) is 1. The fourth-order valence-electron chi connectivity index (χ4n) is 3.88. The van der Waals surface area contributed by atoms with Gasteiger partial charge in [0.25, 0.3) is 5.91 Å². The number of benzene rings is 1. The first-order valence-electron chi connectivity index (χ1n) is 10.8. The van der Waals surface area contributed by atoms with E-state index < -0.39 is 0 Å². The zero-order valence-corrected chi connectivity index (χ0v) is 19.0. The summed E-state index contributed by atoms with van der Waals surface area (Å²) in [5.74, 6) is 1.06. The molecule has 1 aliphatic rings. The molecule has 1 aromatic carbocycles. The third-order valence-electron chi connectivity index (χ3n) is 5.76. The van der Waals surface area contributed by atoms with Gasteiger partial charge in [-0.15, -0.1) is 11.3 Å². The number of piperidine rings is 1. The third kappa shape index (κ3) is 5.42. The number of nitrogens with zero attached hydrogens (tertiary/aromatic N) is 1. The summed E-state index contributed by atoms with van der Waals surface area (Å²) in [6, 6.07) is 9.91. The number of hydrogen-bond donors (Lipinski definition) is 1. The molecular weight excluding hydrogens is 396 g/mol. The molecule has 0 saturated carbocycles. The molecule has 30 heavy (non-hydrogen) atoms. The van der Waals surface area contributed by atoms with Crippen LogP contribution in [0.1, 0.15) is 53.6 Å². The number of thiophene rings is 1. The Morgan fingerprint density at radius 3 is 2.50 bits per heavy atom. The fraction of sp³-hybridized carbons (Fsp3) is 0.500. The van der Waals surface area contributed by atoms with Gasteiger partial charge in [-0.25, -0.2) is 0 Å². The van der Waals surface area contributed by atoms with Crippen LogP contribution in [0.2, 0.25) is 0 Å². The second-order valence-electron chi connectivity index (χ2n) is 7.87. The maximum Gasteiger partial charge on any atom is 0.263 e. The highest BCUT2D eigenvalue weighted by Crippen LogP contribution is 2.33. The van der Waals surface area contributed by atoms with E-state index in [1.165, 1.54) is 0 Å². The van der Waals surface area contributed by atoms with Gasteiger partial charge < -0.3 is 15.0 Å². The molecule has 0 unspecified atom stereocenters. The van der Waals surface area contributed by atoms with Gasteiger partial charge in [-0.3, -0.25) is 9.59 Å². The molecule has 6 heteroatoms. The Bertz CT molecular complexity index is 852. The van der Waals surface area contributed by atoms with Gasteiger partial charge in [-0.2, -0.15) is 0 Å². The molecule has 0 atom stereocenters. The average molecular weight is 429 g/mol. The minimum Gasteiger partial charge on any atom is -0.497 e. The summed E-state index contributed by atoms with van der Waals surface area (Å²) in [6.45, 7) is 6.25. The molecule has 1 fully saturated rings. The SMILES string of the molecule is CCCCCNC(=O)C1CCN(C(=O)c2cc(-c3ccc(OC)cc3)c(C)s2)CC1. The van der Waals surface area contributed by atoms with Crippen LogP contribution in [0.25, 0.3) is 11.1 Å². The summed E-state index contributed by atoms with van der Waals surface area (Å²) < 4.78 is 5.23. The highest BCUT2D eigenvalue weighted by molar-refractivity contribution is 7.14. The summed E-state index contributed by atoms with van der Waals surface area (Å²) in [5, 5.41) is 3.05. The number of ether oxygens (including phenoxy) is 1. The zero-order valence-electron chi connectivity index (χ0n) is 18.2. The van der Waals surface area contributed by atoms with Crippen LogP contribution in [-0.4, -0.2) is 43.5 Å². The molecule has 0 radical (unpaired) electrons. The molecule has 5 nitrogen and oxygen atoms in total. The Balaban J connectivity index is 1.57. The lowest BCUT2D eigenvalue weighted by Gasteiger charge is -2.31. The number of unbranched alkanes of at least 4 members (excludes halogenated alkanes) is 2. The Morgan fingerprint density at radius 2 is 1.87 bits per heavy atom. The van der Waals surface area contributed by atoms with Crippen molar-refractivity contribution in [2.24, 2.45) is 5.92 Å². The molecule has 2 aromatic rings. The van der Waals surface area contributed by atoms with Crippen molar-refractivity contribution in [3.63, 3.8) is 0 Å². The molecule has 2 amide bonds. The van der Waals surface area contributed by atoms with Crippen LogP contribution >= 0.6 is 11.3 Å². The van der Waals surface area contributed by atoms with E-state index in [0.717, 1.165) is 65.3 Å². The lowest BCUT2D eigenvalue weighted by atomic mass is 9.95. The van der Waals surface area contributed by atoms with E-state index in [0.29, 0.717) is 13.1 Å². The van der Waals surface area contributed by atoms with Crippen LogP contribution in [-0.2, 0) is 4.79 Å². The van der Waals surface area contributed by atoms with Crippen molar-refractivity contribution < 1.29 is 14.3 Å². The summed E-state index contributed by atoms with van der Waals surface area (Å²) in [6.07, 6.45) is 4.81. The number of methoxy groups -OCH3 is 1. The molecule has 2 heterocycles. The molecule has 3 rings (SSSR count). The number of carbonyl (C=O) groups is 2. The van der Waals surface area contributed by atoms with Crippen LogP contribution in [0.3, 0.4) is 0 Å². The van der Waals surface area contributed by atoms with Crippen molar-refractivity contribution in [1.29, 1.82) is 0 Å². The standard InChI is InChI=1S/C24H32N2O3S/c1-4-5-6-13-25-23(27)19-11-14-26(15-12-19)24(28)22-16-21(17(2)30-22)18-7-9-20(29-3)10-8-18/h7-10,16,19H,4-6,11-15H2,1-3H3,(H,25,27). The fourth-order valence-corrected chi connectivity index (χ4v) is 4.89. The number of aryl methyl sites for hydroxylation is 1. The largest absolute Gasteiger partial charge is 0.497 e. The van der Waals surface area contributed by atoms with Gasteiger partial charge in [0.15, 0.2) is 0 Å². The lowest BCUT2D eigenvalue weighted by molar-refractivity contribution is -0.126. The molecule has 1 saturated heterocycles. The van der Waals surface area contributed by atoms with Crippen molar-refractivity contribution in [1.82, 2.24) is 10.2 Å². The Morgan fingerprint density at radius 1 is 1.17 bits per heavy atom. The van der Waals surface area contributed by atoms with Crippen molar-refractivity contribution in [3.05, 3.63) is 40.1 Å². The van der Waals surface area contributed by atoms with E-state index in [4.69, 9.17) is 4.74 Å². The van der Waals surface area contributed by atoms with E-state index in [2.05, 4.69) is 19.2 Å². The maximum absolute atomic E-state index is 13.0. The molecule has 1 aliphatic heterocycles. The number of rotatable bonds is 8. The predicted octanol–water partition coefficient (Wildman–Crippen LogP) is 4.89. The van der Waals surface area contributed by atoms with E-state index >= 15 is 0 Å². The zero-order chi connectivity index (χ0) is 21.5. The third-order valence-corrected chi connectivity index (χ3v) is 6.80. The quantitative estimate of drug-likeness (QED) is 0.609. The molecule has 1 aromatic heterocycles. The van der Waals surface area contributed by atoms with Crippen LogP contribution in [0.5, 0.6) is 5.75 Å². The van der Waals surface area contributed by atoms with Crippen LogP contribution < -0.4 is 10.1 Å². The minimum absolute atomic E-state index is 0.0237. The molecule has 0 aliphatic carbocycles. The number of hydrogen-bond acceptors (Lipinski definition) is 4. The van der Waals surface area contributed by atoms with Gasteiger partial charge in [0.1, 0.15) is 5.75 Å². The second kappa shape index (κ2) is 10.6. The summed E-state index contributed by atoms with van der Waals surface area (Å²) in [7, 11) is 1.65. The van der Waals surface area contributed by atoms with Crippen molar-refractivity contribution in [2.45, 2.75) is 46.0 Å². The van der Waals surface area contributed by atoms with E-state index in [1.807, 2.05) is 35.2 Å². The van der Waals surface area contributed by atoms with Crippen LogP contribution in [0, 0.1) is 12.8 Å². The molecule has 0 bridgehead atoms. The normalized spacial score (nSPS) is 14.6.